The molecule has 1 aromatic carbocycles. The van der Waals surface area contributed by atoms with E-state index in [1.165, 1.54) is 18.9 Å². The first kappa shape index (κ1) is 12.8. The van der Waals surface area contributed by atoms with Crippen LogP contribution in [-0.2, 0) is 6.42 Å². The van der Waals surface area contributed by atoms with Gasteiger partial charge in [0.15, 0.2) is 0 Å². The third-order valence-corrected chi connectivity index (χ3v) is 3.37. The van der Waals surface area contributed by atoms with Crippen molar-refractivity contribution in [2.75, 3.05) is 6.54 Å². The molecule has 0 bridgehead atoms. The first-order valence-corrected chi connectivity index (χ1v) is 6.51. The van der Waals surface area contributed by atoms with E-state index in [1.807, 2.05) is 0 Å². The molecular weight excluding hydrogens is 237 g/mol. The van der Waals surface area contributed by atoms with Crippen LogP contribution >= 0.6 is 11.6 Å². The fraction of sp³-hybridized carbons (Fsp3) is 0.571. The second-order valence-corrected chi connectivity index (χ2v) is 6.17. The van der Waals surface area contributed by atoms with E-state index in [0.717, 1.165) is 18.5 Å². The lowest BCUT2D eigenvalue weighted by atomic mass is 9.85. The first-order chi connectivity index (χ1) is 7.96. The van der Waals surface area contributed by atoms with Crippen LogP contribution in [0.15, 0.2) is 18.2 Å². The monoisotopic (exact) mass is 255 g/mol. The molecule has 94 valence electrons. The molecule has 1 aliphatic rings. The largest absolute Gasteiger partial charge is 0.313 e. The Labute approximate surface area is 107 Å². The van der Waals surface area contributed by atoms with Crippen molar-refractivity contribution in [3.63, 3.8) is 0 Å². The lowest BCUT2D eigenvalue weighted by molar-refractivity contribution is 0.332. The van der Waals surface area contributed by atoms with E-state index in [0.29, 0.717) is 11.1 Å². The van der Waals surface area contributed by atoms with E-state index in [4.69, 9.17) is 11.6 Å². The summed E-state index contributed by atoms with van der Waals surface area (Å²) in [5.74, 6) is -0.197. The molecule has 0 heterocycles. The Morgan fingerprint density at radius 3 is 2.71 bits per heavy atom. The fourth-order valence-electron chi connectivity index (χ4n) is 1.95. The van der Waals surface area contributed by atoms with E-state index in [1.54, 1.807) is 12.1 Å². The van der Waals surface area contributed by atoms with Crippen molar-refractivity contribution < 1.29 is 4.39 Å². The lowest BCUT2D eigenvalue weighted by Gasteiger charge is -2.25. The number of halogens is 2. The second-order valence-electron chi connectivity index (χ2n) is 5.73. The molecule has 3 heteroatoms. The maximum Gasteiger partial charge on any atom is 0.127 e. The number of rotatable bonds is 5. The van der Waals surface area contributed by atoms with Crippen molar-refractivity contribution in [1.82, 2.24) is 5.32 Å². The highest BCUT2D eigenvalue weighted by atomic mass is 35.5. The predicted octanol–water partition coefficient (Wildman–Crippen LogP) is 3.80. The zero-order chi connectivity index (χ0) is 12.5. The molecule has 1 fully saturated rings. The standard InChI is InChI=1S/C14H19ClFN/c1-14(2,9-17-12-5-6-12)8-10-3-4-11(15)7-13(10)16/h3-4,7,12,17H,5-6,8-9H2,1-2H3. The number of hydrogen-bond acceptors (Lipinski definition) is 1. The third kappa shape index (κ3) is 3.97. The fourth-order valence-corrected chi connectivity index (χ4v) is 2.11. The Morgan fingerprint density at radius 1 is 1.41 bits per heavy atom. The topological polar surface area (TPSA) is 12.0 Å². The minimum absolute atomic E-state index is 0.0667. The zero-order valence-electron chi connectivity index (χ0n) is 10.4. The van der Waals surface area contributed by atoms with Crippen molar-refractivity contribution in [3.05, 3.63) is 34.6 Å². The van der Waals surface area contributed by atoms with E-state index in [-0.39, 0.29) is 11.2 Å². The number of hydrogen-bond donors (Lipinski definition) is 1. The summed E-state index contributed by atoms with van der Waals surface area (Å²) in [6.07, 6.45) is 3.30. The van der Waals surface area contributed by atoms with Crippen LogP contribution < -0.4 is 5.32 Å². The van der Waals surface area contributed by atoms with E-state index in [9.17, 15) is 4.39 Å². The first-order valence-electron chi connectivity index (χ1n) is 6.14. The van der Waals surface area contributed by atoms with Crippen LogP contribution in [0.2, 0.25) is 5.02 Å². The summed E-state index contributed by atoms with van der Waals surface area (Å²) in [6.45, 7) is 5.26. The van der Waals surface area contributed by atoms with Crippen LogP contribution in [0.1, 0.15) is 32.3 Å². The summed E-state index contributed by atoms with van der Waals surface area (Å²) < 4.78 is 13.7. The predicted molar refractivity (Wildman–Crippen MR) is 69.9 cm³/mol. The van der Waals surface area contributed by atoms with Gasteiger partial charge >= 0.3 is 0 Å². The third-order valence-electron chi connectivity index (χ3n) is 3.13. The van der Waals surface area contributed by atoms with Gasteiger partial charge < -0.3 is 5.32 Å². The van der Waals surface area contributed by atoms with Gasteiger partial charge in [-0.3, -0.25) is 0 Å². The highest BCUT2D eigenvalue weighted by Gasteiger charge is 2.26. The van der Waals surface area contributed by atoms with Gasteiger partial charge in [0.2, 0.25) is 0 Å². The van der Waals surface area contributed by atoms with Gasteiger partial charge in [0, 0.05) is 17.6 Å². The van der Waals surface area contributed by atoms with Crippen molar-refractivity contribution in [2.45, 2.75) is 39.2 Å². The Morgan fingerprint density at radius 2 is 2.12 bits per heavy atom. The molecule has 1 N–H and O–H groups in total. The van der Waals surface area contributed by atoms with Crippen LogP contribution in [0, 0.1) is 11.2 Å². The lowest BCUT2D eigenvalue weighted by Crippen LogP contribution is -2.32. The van der Waals surface area contributed by atoms with Gasteiger partial charge in [-0.05, 0) is 42.4 Å². The van der Waals surface area contributed by atoms with Crippen molar-refractivity contribution in [3.8, 4) is 0 Å². The molecule has 0 aromatic heterocycles. The molecule has 0 radical (unpaired) electrons. The van der Waals surface area contributed by atoms with Gasteiger partial charge in [0.05, 0.1) is 0 Å². The SMILES string of the molecule is CC(C)(CNC1CC1)Cc1ccc(Cl)cc1F. The van der Waals surface area contributed by atoms with Crippen LogP contribution in [0.3, 0.4) is 0 Å². The summed E-state index contributed by atoms with van der Waals surface area (Å²) in [5, 5.41) is 3.96. The van der Waals surface area contributed by atoms with Gasteiger partial charge in [-0.2, -0.15) is 0 Å². The van der Waals surface area contributed by atoms with Crippen molar-refractivity contribution >= 4 is 11.6 Å². The Kier molecular flexibility index (Phi) is 3.74. The Bertz CT molecular complexity index is 399. The highest BCUT2D eigenvalue weighted by Crippen LogP contribution is 2.26. The molecular formula is C14H19ClFN. The minimum atomic E-state index is -0.197. The quantitative estimate of drug-likeness (QED) is 0.844. The molecule has 0 spiro atoms. The molecule has 1 nitrogen and oxygen atoms in total. The molecule has 0 unspecified atom stereocenters. The van der Waals surface area contributed by atoms with Crippen molar-refractivity contribution in [1.29, 1.82) is 0 Å². The number of nitrogens with one attached hydrogen (secondary N) is 1. The summed E-state index contributed by atoms with van der Waals surface area (Å²) >= 11 is 5.75. The molecule has 1 saturated carbocycles. The van der Waals surface area contributed by atoms with Crippen LogP contribution in [0.5, 0.6) is 0 Å². The maximum absolute atomic E-state index is 13.7. The van der Waals surface area contributed by atoms with Crippen molar-refractivity contribution in [2.24, 2.45) is 5.41 Å². The van der Waals surface area contributed by atoms with Crippen LogP contribution in [0.4, 0.5) is 4.39 Å². The van der Waals surface area contributed by atoms with E-state index in [2.05, 4.69) is 19.2 Å². The van der Waals surface area contributed by atoms with Gasteiger partial charge in [-0.1, -0.05) is 31.5 Å². The normalized spacial score (nSPS) is 16.2. The summed E-state index contributed by atoms with van der Waals surface area (Å²) in [6, 6.07) is 5.63. The smallest absolute Gasteiger partial charge is 0.127 e. The maximum atomic E-state index is 13.7. The highest BCUT2D eigenvalue weighted by molar-refractivity contribution is 6.30. The summed E-state index contributed by atoms with van der Waals surface area (Å²) in [5.41, 5.74) is 0.814. The van der Waals surface area contributed by atoms with Gasteiger partial charge in [0.25, 0.3) is 0 Å². The summed E-state index contributed by atoms with van der Waals surface area (Å²) in [4.78, 5) is 0. The molecule has 17 heavy (non-hydrogen) atoms. The average molecular weight is 256 g/mol. The average Bonchev–Trinajstić information content (AvgIpc) is 3.03. The molecule has 0 saturated heterocycles. The van der Waals surface area contributed by atoms with Crippen LogP contribution in [-0.4, -0.2) is 12.6 Å². The molecule has 0 aliphatic heterocycles. The minimum Gasteiger partial charge on any atom is -0.313 e. The van der Waals surface area contributed by atoms with Gasteiger partial charge in [-0.25, -0.2) is 4.39 Å². The van der Waals surface area contributed by atoms with Gasteiger partial charge in [-0.15, -0.1) is 0 Å². The molecule has 0 amide bonds. The Hall–Kier alpha value is -0.600. The molecule has 1 aliphatic carbocycles. The molecule has 2 rings (SSSR count). The molecule has 1 aromatic rings. The molecule has 0 atom stereocenters. The van der Waals surface area contributed by atoms with Crippen LogP contribution in [0.25, 0.3) is 0 Å². The van der Waals surface area contributed by atoms with Gasteiger partial charge in [0.1, 0.15) is 5.82 Å². The zero-order valence-corrected chi connectivity index (χ0v) is 11.1. The Balaban J connectivity index is 1.97. The number of benzene rings is 1. The van der Waals surface area contributed by atoms with E-state index < -0.39 is 0 Å². The van der Waals surface area contributed by atoms with E-state index >= 15 is 0 Å². The second kappa shape index (κ2) is 4.95. The summed E-state index contributed by atoms with van der Waals surface area (Å²) in [7, 11) is 0.